The maximum Gasteiger partial charge on any atom is 0.203 e. The van der Waals surface area contributed by atoms with Gasteiger partial charge in [0.05, 0.1) is 14.2 Å². The number of aromatic nitrogens is 1. The summed E-state index contributed by atoms with van der Waals surface area (Å²) in [5.41, 5.74) is 0.976. The van der Waals surface area contributed by atoms with E-state index in [2.05, 4.69) is 10.3 Å². The highest BCUT2D eigenvalue weighted by Gasteiger charge is 2.11. The number of pyridine rings is 1. The summed E-state index contributed by atoms with van der Waals surface area (Å²) in [6.45, 7) is 3.28. The summed E-state index contributed by atoms with van der Waals surface area (Å²) in [6.07, 6.45) is 1.79. The molecule has 112 valence electrons. The summed E-state index contributed by atoms with van der Waals surface area (Å²) in [6, 6.07) is 9.45. The van der Waals surface area contributed by atoms with Crippen LogP contribution >= 0.6 is 0 Å². The van der Waals surface area contributed by atoms with Gasteiger partial charge in [-0.1, -0.05) is 12.1 Å². The van der Waals surface area contributed by atoms with Crippen LogP contribution in [0.4, 0.5) is 5.82 Å². The maximum absolute atomic E-state index is 5.83. The molecule has 2 rings (SSSR count). The average molecular weight is 288 g/mol. The largest absolute Gasteiger partial charge is 0.493 e. The highest BCUT2D eigenvalue weighted by Crippen LogP contribution is 2.37. The Bertz CT molecular complexity index is 548. The van der Waals surface area contributed by atoms with Crippen molar-refractivity contribution in [3.63, 3.8) is 0 Å². The van der Waals surface area contributed by atoms with Crippen LogP contribution in [0, 0.1) is 0 Å². The SMILES string of the molecule is CCNc1ccc(COc2c(OC)cccc2OC)cn1. The number of hydrogen-bond acceptors (Lipinski definition) is 5. The molecule has 0 spiro atoms. The second-order valence-electron chi connectivity index (χ2n) is 4.36. The van der Waals surface area contributed by atoms with E-state index in [0.717, 1.165) is 17.9 Å². The van der Waals surface area contributed by atoms with E-state index in [0.29, 0.717) is 23.9 Å². The number of para-hydroxylation sites is 1. The van der Waals surface area contributed by atoms with Gasteiger partial charge in [0.1, 0.15) is 12.4 Å². The number of methoxy groups -OCH3 is 2. The first-order chi connectivity index (χ1) is 10.3. The third kappa shape index (κ3) is 3.78. The number of nitrogens with one attached hydrogen (secondary N) is 1. The van der Waals surface area contributed by atoms with Gasteiger partial charge in [-0.15, -0.1) is 0 Å². The van der Waals surface area contributed by atoms with Crippen molar-refractivity contribution < 1.29 is 14.2 Å². The first-order valence-corrected chi connectivity index (χ1v) is 6.81. The maximum atomic E-state index is 5.83. The molecule has 0 saturated carbocycles. The third-order valence-corrected chi connectivity index (χ3v) is 2.95. The highest BCUT2D eigenvalue weighted by atomic mass is 16.5. The summed E-state index contributed by atoms with van der Waals surface area (Å²) in [5.74, 6) is 2.74. The van der Waals surface area contributed by atoms with E-state index in [1.807, 2.05) is 37.3 Å². The predicted molar refractivity (Wildman–Crippen MR) is 82.3 cm³/mol. The molecule has 21 heavy (non-hydrogen) atoms. The fourth-order valence-corrected chi connectivity index (χ4v) is 1.91. The second kappa shape index (κ2) is 7.38. The normalized spacial score (nSPS) is 10.0. The zero-order valence-electron chi connectivity index (χ0n) is 12.6. The topological polar surface area (TPSA) is 52.6 Å². The number of anilines is 1. The van der Waals surface area contributed by atoms with Crippen LogP contribution < -0.4 is 19.5 Å². The molecule has 0 fully saturated rings. The molecule has 2 aromatic rings. The summed E-state index contributed by atoms with van der Waals surface area (Å²) in [7, 11) is 3.21. The Morgan fingerprint density at radius 1 is 1.05 bits per heavy atom. The molecule has 5 heteroatoms. The van der Waals surface area contributed by atoms with E-state index in [9.17, 15) is 0 Å². The molecule has 1 aromatic carbocycles. The van der Waals surface area contributed by atoms with E-state index < -0.39 is 0 Å². The third-order valence-electron chi connectivity index (χ3n) is 2.95. The summed E-state index contributed by atoms with van der Waals surface area (Å²) in [5, 5.41) is 3.15. The second-order valence-corrected chi connectivity index (χ2v) is 4.36. The van der Waals surface area contributed by atoms with Gasteiger partial charge in [-0.25, -0.2) is 4.98 Å². The minimum Gasteiger partial charge on any atom is -0.493 e. The Hall–Kier alpha value is -2.43. The summed E-state index contributed by atoms with van der Waals surface area (Å²) >= 11 is 0. The van der Waals surface area contributed by atoms with Crippen LogP contribution in [0.3, 0.4) is 0 Å². The van der Waals surface area contributed by atoms with Crippen molar-refractivity contribution >= 4 is 5.82 Å². The van der Waals surface area contributed by atoms with Crippen molar-refractivity contribution in [3.8, 4) is 17.2 Å². The van der Waals surface area contributed by atoms with Crippen LogP contribution in [-0.4, -0.2) is 25.7 Å². The van der Waals surface area contributed by atoms with Crippen molar-refractivity contribution in [2.45, 2.75) is 13.5 Å². The zero-order valence-corrected chi connectivity index (χ0v) is 12.6. The predicted octanol–water partition coefficient (Wildman–Crippen LogP) is 3.11. The lowest BCUT2D eigenvalue weighted by Crippen LogP contribution is -2.02. The lowest BCUT2D eigenvalue weighted by molar-refractivity contribution is 0.265. The first-order valence-electron chi connectivity index (χ1n) is 6.81. The average Bonchev–Trinajstić information content (AvgIpc) is 2.54. The number of benzene rings is 1. The molecular weight excluding hydrogens is 268 g/mol. The van der Waals surface area contributed by atoms with Crippen molar-refractivity contribution in [2.24, 2.45) is 0 Å². The van der Waals surface area contributed by atoms with E-state index >= 15 is 0 Å². The van der Waals surface area contributed by atoms with Crippen LogP contribution in [0.5, 0.6) is 17.2 Å². The van der Waals surface area contributed by atoms with Gasteiger partial charge in [0, 0.05) is 18.3 Å². The van der Waals surface area contributed by atoms with Crippen LogP contribution in [0.15, 0.2) is 36.5 Å². The van der Waals surface area contributed by atoms with E-state index in [1.54, 1.807) is 20.4 Å². The lowest BCUT2D eigenvalue weighted by atomic mass is 10.2. The summed E-state index contributed by atoms with van der Waals surface area (Å²) < 4.78 is 16.4. The minimum atomic E-state index is 0.399. The molecule has 1 heterocycles. The molecular formula is C16H20N2O3. The molecule has 0 aliphatic carbocycles. The van der Waals surface area contributed by atoms with Gasteiger partial charge in [0.2, 0.25) is 5.75 Å². The molecule has 0 amide bonds. The minimum absolute atomic E-state index is 0.399. The van der Waals surface area contributed by atoms with Crippen molar-refractivity contribution in [1.29, 1.82) is 0 Å². The van der Waals surface area contributed by atoms with E-state index in [4.69, 9.17) is 14.2 Å². The van der Waals surface area contributed by atoms with Gasteiger partial charge >= 0.3 is 0 Å². The fourth-order valence-electron chi connectivity index (χ4n) is 1.91. The molecule has 1 N–H and O–H groups in total. The Kier molecular flexibility index (Phi) is 5.26. The van der Waals surface area contributed by atoms with Crippen molar-refractivity contribution in [2.75, 3.05) is 26.1 Å². The number of hydrogen-bond donors (Lipinski definition) is 1. The Morgan fingerprint density at radius 2 is 1.76 bits per heavy atom. The molecule has 5 nitrogen and oxygen atoms in total. The first kappa shape index (κ1) is 15.0. The van der Waals surface area contributed by atoms with E-state index in [-0.39, 0.29) is 0 Å². The van der Waals surface area contributed by atoms with Gasteiger partial charge in [0.15, 0.2) is 11.5 Å². The molecule has 0 atom stereocenters. The number of nitrogens with zero attached hydrogens (tertiary/aromatic N) is 1. The lowest BCUT2D eigenvalue weighted by Gasteiger charge is -2.14. The van der Waals surface area contributed by atoms with Crippen LogP contribution in [0.25, 0.3) is 0 Å². The van der Waals surface area contributed by atoms with Gasteiger partial charge < -0.3 is 19.5 Å². The molecule has 0 radical (unpaired) electrons. The fraction of sp³-hybridized carbons (Fsp3) is 0.312. The number of rotatable bonds is 7. The van der Waals surface area contributed by atoms with Crippen LogP contribution in [0.2, 0.25) is 0 Å². The molecule has 0 unspecified atom stereocenters. The molecule has 0 aliphatic heterocycles. The molecule has 0 aliphatic rings. The van der Waals surface area contributed by atoms with Crippen molar-refractivity contribution in [3.05, 3.63) is 42.1 Å². The van der Waals surface area contributed by atoms with Gasteiger partial charge in [0.25, 0.3) is 0 Å². The van der Waals surface area contributed by atoms with Gasteiger partial charge in [-0.2, -0.15) is 0 Å². The van der Waals surface area contributed by atoms with Crippen LogP contribution in [0.1, 0.15) is 12.5 Å². The van der Waals surface area contributed by atoms with Gasteiger partial charge in [-0.05, 0) is 25.1 Å². The Labute approximate surface area is 124 Å². The highest BCUT2D eigenvalue weighted by molar-refractivity contribution is 5.51. The van der Waals surface area contributed by atoms with Crippen molar-refractivity contribution in [1.82, 2.24) is 4.98 Å². The van der Waals surface area contributed by atoms with E-state index in [1.165, 1.54) is 0 Å². The molecule has 0 saturated heterocycles. The quantitative estimate of drug-likeness (QED) is 0.848. The smallest absolute Gasteiger partial charge is 0.203 e. The summed E-state index contributed by atoms with van der Waals surface area (Å²) in [4.78, 5) is 4.31. The Balaban J connectivity index is 2.08. The zero-order chi connectivity index (χ0) is 15.1. The standard InChI is InChI=1S/C16H20N2O3/c1-4-17-15-9-8-12(10-18-15)11-21-16-13(19-2)6-5-7-14(16)20-3/h5-10H,4,11H2,1-3H3,(H,17,18). The molecule has 0 bridgehead atoms. The Morgan fingerprint density at radius 3 is 2.29 bits per heavy atom. The molecule has 1 aromatic heterocycles. The van der Waals surface area contributed by atoms with Crippen LogP contribution in [-0.2, 0) is 6.61 Å². The monoisotopic (exact) mass is 288 g/mol. The van der Waals surface area contributed by atoms with Gasteiger partial charge in [-0.3, -0.25) is 0 Å². The number of ether oxygens (including phenoxy) is 3.